The number of carbonyl (C=O) groups is 1. The smallest absolute Gasteiger partial charge is 0.222 e. The fourth-order valence-corrected chi connectivity index (χ4v) is 3.17. The van der Waals surface area contributed by atoms with Crippen molar-refractivity contribution in [3.63, 3.8) is 0 Å². The Morgan fingerprint density at radius 1 is 1.43 bits per heavy atom. The van der Waals surface area contributed by atoms with Crippen molar-refractivity contribution in [3.8, 4) is 0 Å². The van der Waals surface area contributed by atoms with Crippen LogP contribution in [0.15, 0.2) is 18.2 Å². The number of carbonyl (C=O) groups excluding carboxylic acids is 1. The summed E-state index contributed by atoms with van der Waals surface area (Å²) in [6, 6.07) is 6.21. The van der Waals surface area contributed by atoms with Crippen LogP contribution in [-0.4, -0.2) is 34.0 Å². The highest BCUT2D eigenvalue weighted by molar-refractivity contribution is 5.80. The van der Waals surface area contributed by atoms with E-state index in [-0.39, 0.29) is 5.91 Å². The van der Waals surface area contributed by atoms with Crippen LogP contribution in [0.5, 0.6) is 0 Å². The molecule has 1 aromatic carbocycles. The largest absolute Gasteiger partial charge is 0.399 e. The Morgan fingerprint density at radius 3 is 2.95 bits per heavy atom. The highest BCUT2D eigenvalue weighted by Gasteiger charge is 2.27. The molecule has 0 aliphatic carbocycles. The van der Waals surface area contributed by atoms with Crippen LogP contribution in [0.25, 0.3) is 11.0 Å². The van der Waals surface area contributed by atoms with E-state index in [9.17, 15) is 4.79 Å². The van der Waals surface area contributed by atoms with E-state index in [4.69, 9.17) is 10.7 Å². The van der Waals surface area contributed by atoms with E-state index >= 15 is 0 Å². The summed E-state index contributed by atoms with van der Waals surface area (Å²) in [7, 11) is 1.88. The molecular weight excluding hydrogens is 264 g/mol. The zero-order valence-electron chi connectivity index (χ0n) is 12.7. The molecule has 3 rings (SSSR count). The van der Waals surface area contributed by atoms with Crippen molar-refractivity contribution in [1.29, 1.82) is 0 Å². The molecule has 1 aliphatic rings. The van der Waals surface area contributed by atoms with Gasteiger partial charge in [0.2, 0.25) is 5.91 Å². The number of imidazole rings is 1. The zero-order valence-corrected chi connectivity index (χ0v) is 12.7. The van der Waals surface area contributed by atoms with Gasteiger partial charge in [-0.15, -0.1) is 0 Å². The number of fused-ring (bicyclic) bond motifs is 1. The molecule has 0 spiro atoms. The first-order valence-corrected chi connectivity index (χ1v) is 7.60. The third-order valence-electron chi connectivity index (χ3n) is 4.23. The second kappa shape index (κ2) is 5.39. The lowest BCUT2D eigenvalue weighted by Gasteiger charge is -2.31. The standard InChI is InChI=1S/C16H22N4O/c1-3-4-15-18-13-9-11(17)5-7-14(13)20(15)12-6-8-16(21)19(2)10-12/h5,7,9,12H,3-4,6,8,10,17H2,1-2H3. The normalized spacial score (nSPS) is 19.4. The number of rotatable bonds is 3. The number of piperidine rings is 1. The number of benzene rings is 1. The van der Waals surface area contributed by atoms with Crippen LogP contribution in [0, 0.1) is 0 Å². The number of hydrogen-bond donors (Lipinski definition) is 1. The predicted molar refractivity (Wildman–Crippen MR) is 84.0 cm³/mol. The fraction of sp³-hybridized carbons (Fsp3) is 0.500. The number of hydrogen-bond acceptors (Lipinski definition) is 3. The molecule has 21 heavy (non-hydrogen) atoms. The van der Waals surface area contributed by atoms with E-state index in [0.717, 1.165) is 48.4 Å². The summed E-state index contributed by atoms with van der Waals surface area (Å²) in [4.78, 5) is 18.3. The molecule has 5 nitrogen and oxygen atoms in total. The Balaban J connectivity index is 2.06. The molecule has 0 radical (unpaired) electrons. The van der Waals surface area contributed by atoms with Gasteiger partial charge >= 0.3 is 0 Å². The number of nitrogen functional groups attached to an aromatic ring is 1. The number of anilines is 1. The van der Waals surface area contributed by atoms with Crippen LogP contribution < -0.4 is 5.73 Å². The molecule has 1 fully saturated rings. The number of likely N-dealkylation sites (N-methyl/N-ethyl adjacent to an activating group) is 1. The van der Waals surface area contributed by atoms with Crippen molar-refractivity contribution >= 4 is 22.6 Å². The topological polar surface area (TPSA) is 64.1 Å². The molecule has 1 aromatic heterocycles. The van der Waals surface area contributed by atoms with Gasteiger partial charge in [-0.2, -0.15) is 0 Å². The van der Waals surface area contributed by atoms with Crippen LogP contribution in [0.3, 0.4) is 0 Å². The third kappa shape index (κ3) is 2.48. The van der Waals surface area contributed by atoms with Gasteiger partial charge in [-0.1, -0.05) is 6.92 Å². The van der Waals surface area contributed by atoms with Crippen molar-refractivity contribution in [2.75, 3.05) is 19.3 Å². The maximum atomic E-state index is 11.7. The fourth-order valence-electron chi connectivity index (χ4n) is 3.17. The Kier molecular flexibility index (Phi) is 3.57. The van der Waals surface area contributed by atoms with Gasteiger partial charge in [0.15, 0.2) is 0 Å². The van der Waals surface area contributed by atoms with Gasteiger partial charge in [0.1, 0.15) is 5.82 Å². The van der Waals surface area contributed by atoms with E-state index in [0.29, 0.717) is 12.5 Å². The molecule has 112 valence electrons. The minimum Gasteiger partial charge on any atom is -0.399 e. The number of amides is 1. The van der Waals surface area contributed by atoms with Gasteiger partial charge in [-0.3, -0.25) is 4.79 Å². The lowest BCUT2D eigenvalue weighted by molar-refractivity contribution is -0.132. The summed E-state index contributed by atoms with van der Waals surface area (Å²) < 4.78 is 2.32. The van der Waals surface area contributed by atoms with Gasteiger partial charge in [-0.05, 0) is 31.0 Å². The number of nitrogens with zero attached hydrogens (tertiary/aromatic N) is 3. The summed E-state index contributed by atoms with van der Waals surface area (Å²) in [5.41, 5.74) is 8.70. The minimum absolute atomic E-state index is 0.233. The maximum Gasteiger partial charge on any atom is 0.222 e. The first-order chi connectivity index (χ1) is 10.1. The molecule has 1 amide bonds. The Labute approximate surface area is 124 Å². The highest BCUT2D eigenvalue weighted by atomic mass is 16.2. The maximum absolute atomic E-state index is 11.7. The molecule has 0 bridgehead atoms. The van der Waals surface area contributed by atoms with Crippen molar-refractivity contribution in [2.24, 2.45) is 0 Å². The number of likely N-dealkylation sites (tertiary alicyclic amines) is 1. The summed E-state index contributed by atoms with van der Waals surface area (Å²) in [5.74, 6) is 1.34. The molecule has 1 atom stereocenters. The predicted octanol–water partition coefficient (Wildman–Crippen LogP) is 2.36. The van der Waals surface area contributed by atoms with Gasteiger partial charge < -0.3 is 15.2 Å². The molecule has 1 saturated heterocycles. The monoisotopic (exact) mass is 286 g/mol. The summed E-state index contributed by atoms with van der Waals surface area (Å²) in [6.07, 6.45) is 3.50. The lowest BCUT2D eigenvalue weighted by atomic mass is 10.0. The highest BCUT2D eigenvalue weighted by Crippen LogP contribution is 2.29. The number of nitrogens with two attached hydrogens (primary N) is 1. The minimum atomic E-state index is 0.233. The van der Waals surface area contributed by atoms with Gasteiger partial charge in [-0.25, -0.2) is 4.98 Å². The Morgan fingerprint density at radius 2 is 2.24 bits per heavy atom. The molecular formula is C16H22N4O. The molecule has 1 aliphatic heterocycles. The Hall–Kier alpha value is -2.04. The summed E-state index contributed by atoms with van der Waals surface area (Å²) in [6.45, 7) is 2.92. The molecule has 0 saturated carbocycles. The van der Waals surface area contributed by atoms with E-state index in [1.807, 2.05) is 30.1 Å². The Bertz CT molecular complexity index is 676. The van der Waals surface area contributed by atoms with Crippen LogP contribution in [-0.2, 0) is 11.2 Å². The molecule has 5 heteroatoms. The van der Waals surface area contributed by atoms with E-state index in [1.165, 1.54) is 0 Å². The average Bonchev–Trinajstić information content (AvgIpc) is 2.79. The molecule has 2 N–H and O–H groups in total. The second-order valence-electron chi connectivity index (χ2n) is 5.86. The third-order valence-corrected chi connectivity index (χ3v) is 4.23. The quantitative estimate of drug-likeness (QED) is 0.881. The van der Waals surface area contributed by atoms with Crippen LogP contribution >= 0.6 is 0 Å². The van der Waals surface area contributed by atoms with E-state index in [2.05, 4.69) is 11.5 Å². The SMILES string of the molecule is CCCc1nc2cc(N)ccc2n1C1CCC(=O)N(C)C1. The molecule has 2 heterocycles. The van der Waals surface area contributed by atoms with Crippen molar-refractivity contribution in [3.05, 3.63) is 24.0 Å². The summed E-state index contributed by atoms with van der Waals surface area (Å²) in [5, 5.41) is 0. The van der Waals surface area contributed by atoms with Crippen molar-refractivity contribution < 1.29 is 4.79 Å². The zero-order chi connectivity index (χ0) is 15.0. The number of aryl methyl sites for hydroxylation is 1. The van der Waals surface area contributed by atoms with E-state index < -0.39 is 0 Å². The first kappa shape index (κ1) is 13.9. The van der Waals surface area contributed by atoms with Gasteiger partial charge in [0.05, 0.1) is 17.1 Å². The van der Waals surface area contributed by atoms with Crippen LogP contribution in [0.4, 0.5) is 5.69 Å². The lowest BCUT2D eigenvalue weighted by Crippen LogP contribution is -2.38. The van der Waals surface area contributed by atoms with Crippen molar-refractivity contribution in [2.45, 2.75) is 38.6 Å². The van der Waals surface area contributed by atoms with Crippen molar-refractivity contribution in [1.82, 2.24) is 14.5 Å². The molecule has 2 aromatic rings. The first-order valence-electron chi connectivity index (χ1n) is 7.60. The second-order valence-corrected chi connectivity index (χ2v) is 5.86. The number of aromatic nitrogens is 2. The van der Waals surface area contributed by atoms with Crippen LogP contribution in [0.1, 0.15) is 38.1 Å². The van der Waals surface area contributed by atoms with Gasteiger partial charge in [0, 0.05) is 32.1 Å². The van der Waals surface area contributed by atoms with E-state index in [1.54, 1.807) is 0 Å². The average molecular weight is 286 g/mol. The van der Waals surface area contributed by atoms with Gasteiger partial charge in [0.25, 0.3) is 0 Å². The molecule has 1 unspecified atom stereocenters. The summed E-state index contributed by atoms with van der Waals surface area (Å²) >= 11 is 0. The van der Waals surface area contributed by atoms with Crippen LogP contribution in [0.2, 0.25) is 0 Å².